The summed E-state index contributed by atoms with van der Waals surface area (Å²) in [5.74, 6) is -1.94. The van der Waals surface area contributed by atoms with Crippen molar-refractivity contribution in [3.05, 3.63) is 65.0 Å². The van der Waals surface area contributed by atoms with Crippen LogP contribution < -0.4 is 20.2 Å². The second kappa shape index (κ2) is 14.9. The van der Waals surface area contributed by atoms with Gasteiger partial charge in [0.2, 0.25) is 21.8 Å². The topological polar surface area (TPSA) is 189 Å². The molecule has 3 N–H and O–H groups in total. The Kier molecular flexibility index (Phi) is 10.7. The van der Waals surface area contributed by atoms with E-state index >= 15 is 0 Å². The summed E-state index contributed by atoms with van der Waals surface area (Å²) in [6.07, 6.45) is 4.46. The number of likely N-dealkylation sites (tertiary alicyclic amines) is 1. The van der Waals surface area contributed by atoms with Crippen LogP contribution in [0, 0.1) is 5.92 Å². The number of para-hydroxylation sites is 2. The fourth-order valence-corrected chi connectivity index (χ4v) is 8.26. The molecule has 5 amide bonds. The molecule has 3 aromatic rings. The number of ether oxygens (including phenoxy) is 2. The van der Waals surface area contributed by atoms with Crippen molar-refractivity contribution in [2.24, 2.45) is 5.92 Å². The van der Waals surface area contributed by atoms with Crippen LogP contribution in [-0.4, -0.2) is 92.9 Å². The van der Waals surface area contributed by atoms with Crippen molar-refractivity contribution in [1.82, 2.24) is 35.3 Å². The van der Waals surface area contributed by atoms with Gasteiger partial charge in [-0.1, -0.05) is 24.3 Å². The fraction of sp³-hybridized carbons (Fsp3) is 0.474. The van der Waals surface area contributed by atoms with Gasteiger partial charge in [-0.2, -0.15) is 0 Å². The van der Waals surface area contributed by atoms with Crippen molar-refractivity contribution in [2.75, 3.05) is 6.54 Å². The molecule has 4 atom stereocenters. The van der Waals surface area contributed by atoms with Crippen LogP contribution in [0.25, 0.3) is 23.2 Å². The summed E-state index contributed by atoms with van der Waals surface area (Å²) in [7, 11) is -3.92. The van der Waals surface area contributed by atoms with E-state index in [9.17, 15) is 27.6 Å². The molecule has 15 nitrogen and oxygen atoms in total. The maximum Gasteiger partial charge on any atom is 0.426 e. The number of fused-ring (bicyclic) bond motifs is 1. The quantitative estimate of drug-likeness (QED) is 0.186. The molecule has 2 aliphatic carbocycles. The molecule has 3 fully saturated rings. The summed E-state index contributed by atoms with van der Waals surface area (Å²) < 4.78 is 39.6. The summed E-state index contributed by atoms with van der Waals surface area (Å²) in [5, 5.41) is 5.16. The predicted molar refractivity (Wildman–Crippen MR) is 208 cm³/mol. The Morgan fingerprint density at radius 3 is 2.29 bits per heavy atom. The molecule has 17 heteroatoms. The molecule has 2 saturated carbocycles. The van der Waals surface area contributed by atoms with E-state index in [2.05, 4.69) is 22.0 Å². The number of sulfonamides is 1. The average Bonchev–Trinajstić information content (AvgIpc) is 3.98. The third-order valence-electron chi connectivity index (χ3n) is 9.31. The minimum Gasteiger partial charge on any atom is -0.471 e. The highest BCUT2D eigenvalue weighted by atomic mass is 32.2. The molecule has 55 heavy (non-hydrogen) atoms. The second-order valence-electron chi connectivity index (χ2n) is 16.0. The molecule has 6 rings (SSSR count). The van der Waals surface area contributed by atoms with Gasteiger partial charge in [0.25, 0.3) is 5.91 Å². The van der Waals surface area contributed by atoms with E-state index in [-0.39, 0.29) is 25.3 Å². The van der Waals surface area contributed by atoms with E-state index in [1.807, 2.05) is 41.8 Å². The Labute approximate surface area is 324 Å². The Bertz CT molecular complexity index is 2120. The lowest BCUT2D eigenvalue weighted by Crippen LogP contribution is -2.63. The highest BCUT2D eigenvalue weighted by molar-refractivity contribution is 7.91. The Balaban J connectivity index is 1.32. The van der Waals surface area contributed by atoms with Gasteiger partial charge in [-0.3, -0.25) is 14.3 Å². The molecular weight excluding hydrogens is 747 g/mol. The van der Waals surface area contributed by atoms with Crippen LogP contribution in [0.4, 0.5) is 9.59 Å². The number of hydrogen-bond donors (Lipinski definition) is 3. The largest absolute Gasteiger partial charge is 0.471 e. The number of amides is 5. The first-order valence-electron chi connectivity index (χ1n) is 18.1. The normalized spacial score (nSPS) is 22.6. The number of thiophene rings is 1. The maximum absolute atomic E-state index is 14.5. The van der Waals surface area contributed by atoms with E-state index in [0.29, 0.717) is 29.6 Å². The number of urea groups is 1. The molecule has 1 aliphatic heterocycles. The molecule has 3 heterocycles. The molecule has 0 radical (unpaired) electrons. The average molecular weight is 794 g/mol. The zero-order valence-electron chi connectivity index (χ0n) is 31.7. The van der Waals surface area contributed by atoms with Crippen molar-refractivity contribution < 1.29 is 37.1 Å². The number of aromatic nitrogens is 2. The van der Waals surface area contributed by atoms with E-state index in [4.69, 9.17) is 19.4 Å². The van der Waals surface area contributed by atoms with Crippen LogP contribution in [0.2, 0.25) is 0 Å². The highest BCUT2D eigenvalue weighted by Crippen LogP contribution is 2.45. The van der Waals surface area contributed by atoms with Gasteiger partial charge in [0, 0.05) is 17.2 Å². The highest BCUT2D eigenvalue weighted by Gasteiger charge is 2.62. The number of hydrazine groups is 1. The van der Waals surface area contributed by atoms with Crippen molar-refractivity contribution in [3.8, 4) is 5.88 Å². The van der Waals surface area contributed by atoms with Gasteiger partial charge in [-0.05, 0) is 96.5 Å². The van der Waals surface area contributed by atoms with Crippen molar-refractivity contribution in [3.63, 3.8) is 0 Å². The Morgan fingerprint density at radius 2 is 1.71 bits per heavy atom. The predicted octanol–water partition coefficient (Wildman–Crippen LogP) is 5.01. The van der Waals surface area contributed by atoms with Crippen LogP contribution >= 0.6 is 11.3 Å². The van der Waals surface area contributed by atoms with Crippen LogP contribution in [0.3, 0.4) is 0 Å². The summed E-state index contributed by atoms with van der Waals surface area (Å²) in [6.45, 7) is 13.8. The molecule has 0 bridgehead atoms. The zero-order valence-corrected chi connectivity index (χ0v) is 33.3. The van der Waals surface area contributed by atoms with Crippen molar-refractivity contribution in [1.29, 1.82) is 0 Å². The first-order valence-corrected chi connectivity index (χ1v) is 20.5. The number of nitrogens with zero attached hydrogens (tertiary/aromatic N) is 4. The summed E-state index contributed by atoms with van der Waals surface area (Å²) in [4.78, 5) is 67.2. The molecular formula is C38H47N7O8S2. The molecule has 1 aromatic carbocycles. The smallest absolute Gasteiger partial charge is 0.426 e. The van der Waals surface area contributed by atoms with E-state index in [1.165, 1.54) is 11.0 Å². The number of nitrogens with one attached hydrogen (secondary N) is 3. The molecule has 2 aromatic heterocycles. The van der Waals surface area contributed by atoms with Crippen molar-refractivity contribution >= 4 is 68.5 Å². The van der Waals surface area contributed by atoms with E-state index in [0.717, 1.165) is 9.89 Å². The van der Waals surface area contributed by atoms with Gasteiger partial charge in [-0.25, -0.2) is 38.4 Å². The number of rotatable bonds is 10. The minimum absolute atomic E-state index is 0.0403. The first-order chi connectivity index (χ1) is 25.8. The van der Waals surface area contributed by atoms with Gasteiger partial charge in [0.05, 0.1) is 28.4 Å². The zero-order chi connectivity index (χ0) is 39.9. The van der Waals surface area contributed by atoms with Crippen molar-refractivity contribution in [2.45, 2.75) is 101 Å². The lowest BCUT2D eigenvalue weighted by atomic mass is 10.1. The number of carbonyl (C=O) groups is 4. The standard InChI is InChI=1S/C38H47N7O8S2/c1-8-23-21-38(23,33(47)43-55(50,51)26-16-17-26)41-31(46)30-20-24(22-44(30)35(49)45(36(2,3)4)42-34(48)53-37(5,6)7)52-32-29(18-15-25-12-11-19-54-25)39-27-13-9-10-14-28(27)40-32/h8-15,18-19,23-24,26,30H,1,16-17,20-22H2,2-7H3,(H,41,46)(H,42,48)(H,43,47)/b18-15-/t23-,24?,30+,38?/m1/s1. The van der Waals surface area contributed by atoms with Gasteiger partial charge < -0.3 is 19.7 Å². The molecule has 3 aliphatic rings. The second-order valence-corrected chi connectivity index (χ2v) is 18.9. The number of hydrogen-bond acceptors (Lipinski definition) is 11. The van der Waals surface area contributed by atoms with Crippen LogP contribution in [0.15, 0.2) is 54.4 Å². The first kappa shape index (κ1) is 39.7. The number of carbonyl (C=O) groups excluding carboxylic acids is 4. The van der Waals surface area contributed by atoms with E-state index in [1.54, 1.807) is 65.0 Å². The fourth-order valence-electron chi connectivity index (χ4n) is 6.28. The Hall–Kier alpha value is -5.03. The summed E-state index contributed by atoms with van der Waals surface area (Å²) in [6, 6.07) is 9.23. The van der Waals surface area contributed by atoms with E-state index < -0.39 is 74.0 Å². The molecule has 294 valence electrons. The van der Waals surface area contributed by atoms with Crippen LogP contribution in [0.5, 0.6) is 5.88 Å². The van der Waals surface area contributed by atoms with Gasteiger partial charge in [0.1, 0.15) is 29.0 Å². The van der Waals surface area contributed by atoms with Gasteiger partial charge in [-0.15, -0.1) is 17.9 Å². The third-order valence-corrected chi connectivity index (χ3v) is 12.0. The minimum atomic E-state index is -3.92. The third kappa shape index (κ3) is 9.10. The summed E-state index contributed by atoms with van der Waals surface area (Å²) in [5.41, 5.74) is 0.740. The maximum atomic E-state index is 14.5. The summed E-state index contributed by atoms with van der Waals surface area (Å²) >= 11 is 1.55. The number of benzene rings is 1. The van der Waals surface area contributed by atoms with Crippen LogP contribution in [-0.2, 0) is 24.3 Å². The van der Waals surface area contributed by atoms with Gasteiger partial charge in [0.15, 0.2) is 0 Å². The van der Waals surface area contributed by atoms with Crippen LogP contribution in [0.1, 0.15) is 77.8 Å². The molecule has 1 saturated heterocycles. The SMILES string of the molecule is C=C[C@@H]1CC1(NC(=O)[C@@H]1CC(Oc2nc3ccccc3nc2/C=C\c2cccs2)CN1C(=O)N(NC(=O)OC(C)(C)C)C(C)(C)C)C(=O)NS(=O)(=O)C1CC1. The monoisotopic (exact) mass is 793 g/mol. The lowest BCUT2D eigenvalue weighted by Gasteiger charge is -2.39. The molecule has 0 spiro atoms. The lowest BCUT2D eigenvalue weighted by molar-refractivity contribution is -0.131. The molecule has 2 unspecified atom stereocenters. The van der Waals surface area contributed by atoms with Gasteiger partial charge >= 0.3 is 12.1 Å². The Morgan fingerprint density at radius 1 is 1.02 bits per heavy atom.